The molecule has 0 saturated heterocycles. The lowest BCUT2D eigenvalue weighted by atomic mass is 10.2. The third-order valence-electron chi connectivity index (χ3n) is 2.32. The molecule has 0 aliphatic rings. The minimum absolute atomic E-state index is 0.257. The van der Waals surface area contributed by atoms with Crippen molar-refractivity contribution in [1.29, 1.82) is 0 Å². The first kappa shape index (κ1) is 11.7. The van der Waals surface area contributed by atoms with Gasteiger partial charge >= 0.3 is 0 Å². The summed E-state index contributed by atoms with van der Waals surface area (Å²) in [5.74, 6) is 0. The summed E-state index contributed by atoms with van der Waals surface area (Å²) in [6, 6.07) is 4.16. The Labute approximate surface area is 108 Å². The molecule has 2 heterocycles. The summed E-state index contributed by atoms with van der Waals surface area (Å²) in [6.07, 6.45) is 2.78. The van der Waals surface area contributed by atoms with Gasteiger partial charge in [-0.15, -0.1) is 11.3 Å². The lowest BCUT2D eigenvalue weighted by molar-refractivity contribution is 0.874. The second kappa shape index (κ2) is 5.06. The number of aromatic nitrogens is 2. The molecule has 0 amide bonds. The second-order valence-corrected chi connectivity index (χ2v) is 5.96. The maximum Gasteiger partial charge on any atom is 0.0897 e. The minimum atomic E-state index is 0.257. The molecule has 0 aromatic carbocycles. The van der Waals surface area contributed by atoms with Crippen LogP contribution in [0.25, 0.3) is 0 Å². The Morgan fingerprint density at radius 3 is 2.75 bits per heavy atom. The molecular formula is C12H13BrN2S. The van der Waals surface area contributed by atoms with E-state index >= 15 is 0 Å². The van der Waals surface area contributed by atoms with Gasteiger partial charge in [0.05, 0.1) is 15.5 Å². The Morgan fingerprint density at radius 1 is 1.38 bits per heavy atom. The number of hydrogen-bond donors (Lipinski definition) is 0. The Kier molecular flexibility index (Phi) is 3.71. The van der Waals surface area contributed by atoms with Crippen LogP contribution in [0.3, 0.4) is 0 Å². The van der Waals surface area contributed by atoms with Crippen LogP contribution in [0.2, 0.25) is 0 Å². The molecule has 0 saturated carbocycles. The second-order valence-electron chi connectivity index (χ2n) is 3.79. The van der Waals surface area contributed by atoms with Gasteiger partial charge in [0.1, 0.15) is 0 Å². The lowest BCUT2D eigenvalue weighted by Gasteiger charge is -2.06. The average molecular weight is 297 g/mol. The van der Waals surface area contributed by atoms with Gasteiger partial charge in [-0.3, -0.25) is 4.98 Å². The first-order valence-corrected chi connectivity index (χ1v) is 6.92. The summed E-state index contributed by atoms with van der Waals surface area (Å²) in [6.45, 7) is 4.07. The molecule has 0 spiro atoms. The molecule has 0 aliphatic heterocycles. The van der Waals surface area contributed by atoms with E-state index in [-0.39, 0.29) is 4.83 Å². The number of thiazole rings is 1. The van der Waals surface area contributed by atoms with E-state index < -0.39 is 0 Å². The third kappa shape index (κ3) is 2.89. The summed E-state index contributed by atoms with van der Waals surface area (Å²) < 4.78 is 0. The van der Waals surface area contributed by atoms with Gasteiger partial charge in [-0.1, -0.05) is 22.0 Å². The van der Waals surface area contributed by atoms with E-state index in [4.69, 9.17) is 0 Å². The maximum absolute atomic E-state index is 4.47. The molecule has 1 unspecified atom stereocenters. The smallest absolute Gasteiger partial charge is 0.0897 e. The van der Waals surface area contributed by atoms with Crippen molar-refractivity contribution in [2.75, 3.05) is 0 Å². The Balaban J connectivity index is 2.07. The number of halogens is 1. The normalized spacial score (nSPS) is 12.7. The fraction of sp³-hybridized carbons (Fsp3) is 0.333. The fourth-order valence-electron chi connectivity index (χ4n) is 1.43. The molecule has 0 N–H and O–H groups in total. The van der Waals surface area contributed by atoms with Gasteiger partial charge < -0.3 is 0 Å². The van der Waals surface area contributed by atoms with Gasteiger partial charge in [0.25, 0.3) is 0 Å². The summed E-state index contributed by atoms with van der Waals surface area (Å²) in [5.41, 5.74) is 3.39. The van der Waals surface area contributed by atoms with Crippen LogP contribution in [-0.4, -0.2) is 9.97 Å². The highest BCUT2D eigenvalue weighted by Gasteiger charge is 2.12. The molecule has 0 radical (unpaired) electrons. The highest BCUT2D eigenvalue weighted by molar-refractivity contribution is 9.09. The van der Waals surface area contributed by atoms with Gasteiger partial charge in [0, 0.05) is 23.7 Å². The predicted molar refractivity (Wildman–Crippen MR) is 71.2 cm³/mol. The Morgan fingerprint density at radius 2 is 2.19 bits per heavy atom. The van der Waals surface area contributed by atoms with E-state index in [1.54, 1.807) is 11.3 Å². The zero-order valence-electron chi connectivity index (χ0n) is 9.27. The van der Waals surface area contributed by atoms with E-state index in [1.165, 1.54) is 5.56 Å². The van der Waals surface area contributed by atoms with Crippen LogP contribution in [0, 0.1) is 13.8 Å². The number of nitrogens with zero attached hydrogens (tertiary/aromatic N) is 2. The topological polar surface area (TPSA) is 25.8 Å². The van der Waals surface area contributed by atoms with Gasteiger partial charge in [0.15, 0.2) is 0 Å². The molecule has 2 aromatic rings. The molecule has 1 atom stereocenters. The molecule has 4 heteroatoms. The molecule has 84 valence electrons. The Bertz CT molecular complexity index is 464. The van der Waals surface area contributed by atoms with Crippen molar-refractivity contribution < 1.29 is 0 Å². The van der Waals surface area contributed by atoms with Crippen molar-refractivity contribution in [1.82, 2.24) is 9.97 Å². The SMILES string of the molecule is Cc1ccc(CC(Br)c2csc(C)n2)nc1. The van der Waals surface area contributed by atoms with Crippen molar-refractivity contribution in [2.24, 2.45) is 0 Å². The van der Waals surface area contributed by atoms with Crippen LogP contribution in [0.15, 0.2) is 23.7 Å². The van der Waals surface area contributed by atoms with Crippen LogP contribution in [0.5, 0.6) is 0 Å². The van der Waals surface area contributed by atoms with Gasteiger partial charge in [0.2, 0.25) is 0 Å². The van der Waals surface area contributed by atoms with Crippen molar-refractivity contribution in [2.45, 2.75) is 25.1 Å². The number of pyridine rings is 1. The summed E-state index contributed by atoms with van der Waals surface area (Å²) in [5, 5.41) is 3.21. The fourth-order valence-corrected chi connectivity index (χ4v) is 2.84. The number of hydrogen-bond acceptors (Lipinski definition) is 3. The third-order valence-corrected chi connectivity index (χ3v) is 3.90. The summed E-state index contributed by atoms with van der Waals surface area (Å²) in [4.78, 5) is 9.12. The molecular weight excluding hydrogens is 284 g/mol. The summed E-state index contributed by atoms with van der Waals surface area (Å²) >= 11 is 5.34. The molecule has 2 aromatic heterocycles. The van der Waals surface area contributed by atoms with Crippen molar-refractivity contribution in [3.05, 3.63) is 45.7 Å². The lowest BCUT2D eigenvalue weighted by Crippen LogP contribution is -1.98. The van der Waals surface area contributed by atoms with Crippen molar-refractivity contribution in [3.8, 4) is 0 Å². The number of rotatable bonds is 3. The predicted octanol–water partition coefficient (Wildman–Crippen LogP) is 3.83. The van der Waals surface area contributed by atoms with Gasteiger partial charge in [-0.25, -0.2) is 4.98 Å². The largest absolute Gasteiger partial charge is 0.261 e. The van der Waals surface area contributed by atoms with Crippen molar-refractivity contribution in [3.63, 3.8) is 0 Å². The van der Waals surface area contributed by atoms with Crippen LogP contribution in [0.1, 0.15) is 26.8 Å². The zero-order valence-corrected chi connectivity index (χ0v) is 11.7. The van der Waals surface area contributed by atoms with E-state index in [1.807, 2.05) is 20.0 Å². The van der Waals surface area contributed by atoms with Gasteiger partial charge in [-0.2, -0.15) is 0 Å². The highest BCUT2D eigenvalue weighted by Crippen LogP contribution is 2.27. The number of alkyl halides is 1. The van der Waals surface area contributed by atoms with Gasteiger partial charge in [-0.05, 0) is 25.5 Å². The molecule has 2 rings (SSSR count). The zero-order chi connectivity index (χ0) is 11.5. The monoisotopic (exact) mass is 296 g/mol. The Hall–Kier alpha value is -0.740. The molecule has 0 fully saturated rings. The van der Waals surface area contributed by atoms with Crippen LogP contribution in [0.4, 0.5) is 0 Å². The first-order chi connectivity index (χ1) is 7.65. The highest BCUT2D eigenvalue weighted by atomic mass is 79.9. The summed E-state index contributed by atoms with van der Waals surface area (Å²) in [7, 11) is 0. The van der Waals surface area contributed by atoms with E-state index in [2.05, 4.69) is 43.4 Å². The first-order valence-electron chi connectivity index (χ1n) is 5.13. The van der Waals surface area contributed by atoms with E-state index in [0.29, 0.717) is 0 Å². The number of aryl methyl sites for hydroxylation is 2. The van der Waals surface area contributed by atoms with Crippen LogP contribution in [-0.2, 0) is 6.42 Å². The quantitative estimate of drug-likeness (QED) is 0.805. The standard InChI is InChI=1S/C12H13BrN2S/c1-8-3-4-10(14-6-8)5-11(13)12-7-16-9(2)15-12/h3-4,6-7,11H,5H2,1-2H3. The maximum atomic E-state index is 4.47. The van der Waals surface area contributed by atoms with Crippen LogP contribution < -0.4 is 0 Å². The molecule has 16 heavy (non-hydrogen) atoms. The molecule has 0 bridgehead atoms. The van der Waals surface area contributed by atoms with Crippen molar-refractivity contribution >= 4 is 27.3 Å². The van der Waals surface area contributed by atoms with E-state index in [9.17, 15) is 0 Å². The average Bonchev–Trinajstić information content (AvgIpc) is 2.68. The minimum Gasteiger partial charge on any atom is -0.261 e. The van der Waals surface area contributed by atoms with Crippen LogP contribution >= 0.6 is 27.3 Å². The molecule has 0 aliphatic carbocycles. The van der Waals surface area contributed by atoms with E-state index in [0.717, 1.165) is 22.8 Å². The molecule has 2 nitrogen and oxygen atoms in total.